The predicted octanol–water partition coefficient (Wildman–Crippen LogP) is 3.29. The molecule has 0 unspecified atom stereocenters. The maximum atomic E-state index is 12.3. The number of nitrogens with one attached hydrogen (secondary N) is 2. The Balaban J connectivity index is 1.44. The van der Waals surface area contributed by atoms with Crippen molar-refractivity contribution < 1.29 is 4.79 Å². The van der Waals surface area contributed by atoms with Crippen LogP contribution in [0.5, 0.6) is 0 Å². The average molecular weight is 332 g/mol. The Morgan fingerprint density at radius 3 is 2.92 bits per heavy atom. The fourth-order valence-corrected chi connectivity index (χ4v) is 3.09. The Morgan fingerprint density at radius 1 is 1.20 bits per heavy atom. The summed E-state index contributed by atoms with van der Waals surface area (Å²) >= 11 is 0. The number of H-pyrrole nitrogens is 1. The molecule has 5 nitrogen and oxygen atoms in total. The molecule has 1 amide bonds. The van der Waals surface area contributed by atoms with Gasteiger partial charge in [-0.15, -0.1) is 0 Å². The molecule has 0 saturated carbocycles. The first-order valence-corrected chi connectivity index (χ1v) is 8.36. The number of aryl methyl sites for hydroxylation is 2. The van der Waals surface area contributed by atoms with Gasteiger partial charge in [0, 0.05) is 29.5 Å². The Kier molecular flexibility index (Phi) is 3.76. The van der Waals surface area contributed by atoms with Crippen molar-refractivity contribution in [3.63, 3.8) is 0 Å². The molecule has 126 valence electrons. The molecule has 3 heterocycles. The highest BCUT2D eigenvalue weighted by Crippen LogP contribution is 2.20. The van der Waals surface area contributed by atoms with Gasteiger partial charge in [-0.2, -0.15) is 0 Å². The summed E-state index contributed by atoms with van der Waals surface area (Å²) in [6.45, 7) is 4.53. The van der Waals surface area contributed by atoms with E-state index in [1.165, 1.54) is 11.1 Å². The monoisotopic (exact) mass is 332 g/mol. The minimum atomic E-state index is -0.00490. The Bertz CT molecular complexity index is 1070. The molecule has 25 heavy (non-hydrogen) atoms. The molecule has 0 aliphatic rings. The molecule has 3 aromatic heterocycles. The van der Waals surface area contributed by atoms with Crippen LogP contribution >= 0.6 is 0 Å². The number of amides is 1. The molecule has 5 heteroatoms. The first-order chi connectivity index (χ1) is 12.1. The number of carbonyl (C=O) groups is 1. The van der Waals surface area contributed by atoms with E-state index >= 15 is 0 Å². The summed E-state index contributed by atoms with van der Waals surface area (Å²) in [5.74, 6) is -0.00490. The van der Waals surface area contributed by atoms with Gasteiger partial charge in [0.05, 0.1) is 18.7 Å². The lowest BCUT2D eigenvalue weighted by atomic mass is 10.1. The largest absolute Gasteiger partial charge is 0.361 e. The summed E-state index contributed by atoms with van der Waals surface area (Å²) in [5, 5.41) is 4.06. The molecule has 0 radical (unpaired) electrons. The van der Waals surface area contributed by atoms with Crippen molar-refractivity contribution in [2.45, 2.75) is 26.8 Å². The van der Waals surface area contributed by atoms with Crippen LogP contribution in [0.15, 0.2) is 48.9 Å². The first-order valence-electron chi connectivity index (χ1n) is 8.36. The molecule has 0 fully saturated rings. The van der Waals surface area contributed by atoms with Gasteiger partial charge in [-0.05, 0) is 48.7 Å². The van der Waals surface area contributed by atoms with Gasteiger partial charge in [0.25, 0.3) is 0 Å². The van der Waals surface area contributed by atoms with Crippen LogP contribution in [0.1, 0.15) is 22.4 Å². The molecular formula is C20H20N4O. The zero-order valence-electron chi connectivity index (χ0n) is 14.3. The normalized spacial score (nSPS) is 11.3. The van der Waals surface area contributed by atoms with Gasteiger partial charge in [-0.3, -0.25) is 4.79 Å². The standard InChI is InChI=1S/C20H20N4O/c1-13-3-4-17-15(10-21-18(17)7-13)9-20(25)22-11-16-12-24-6-5-14(2)8-19(24)23-16/h3-8,10,12,21H,9,11H2,1-2H3,(H,22,25). The number of nitrogens with zero attached hydrogens (tertiary/aromatic N) is 2. The van der Waals surface area contributed by atoms with Crippen LogP contribution in [-0.4, -0.2) is 20.3 Å². The van der Waals surface area contributed by atoms with Crippen molar-refractivity contribution in [1.82, 2.24) is 19.7 Å². The van der Waals surface area contributed by atoms with Crippen LogP contribution in [0.2, 0.25) is 0 Å². The van der Waals surface area contributed by atoms with Crippen LogP contribution in [0.25, 0.3) is 16.6 Å². The van der Waals surface area contributed by atoms with E-state index in [-0.39, 0.29) is 5.91 Å². The Labute approximate surface area is 145 Å². The van der Waals surface area contributed by atoms with E-state index in [2.05, 4.69) is 40.4 Å². The summed E-state index contributed by atoms with van der Waals surface area (Å²) < 4.78 is 1.97. The van der Waals surface area contributed by atoms with Crippen molar-refractivity contribution >= 4 is 22.5 Å². The van der Waals surface area contributed by atoms with Crippen molar-refractivity contribution in [3.8, 4) is 0 Å². The second kappa shape index (κ2) is 6.09. The van der Waals surface area contributed by atoms with Gasteiger partial charge < -0.3 is 14.7 Å². The van der Waals surface area contributed by atoms with Crippen LogP contribution in [0.4, 0.5) is 0 Å². The molecule has 0 aliphatic carbocycles. The average Bonchev–Trinajstić information content (AvgIpc) is 3.16. The second-order valence-corrected chi connectivity index (χ2v) is 6.52. The lowest BCUT2D eigenvalue weighted by Gasteiger charge is -2.03. The molecule has 2 N–H and O–H groups in total. The van der Waals surface area contributed by atoms with Crippen molar-refractivity contribution in [3.05, 3.63) is 71.3 Å². The van der Waals surface area contributed by atoms with E-state index in [0.717, 1.165) is 27.8 Å². The van der Waals surface area contributed by atoms with Crippen LogP contribution in [0.3, 0.4) is 0 Å². The lowest BCUT2D eigenvalue weighted by Crippen LogP contribution is -2.24. The van der Waals surface area contributed by atoms with E-state index in [4.69, 9.17) is 0 Å². The van der Waals surface area contributed by atoms with Crippen LogP contribution in [0, 0.1) is 13.8 Å². The molecular weight excluding hydrogens is 312 g/mol. The molecule has 0 saturated heterocycles. The smallest absolute Gasteiger partial charge is 0.224 e. The van der Waals surface area contributed by atoms with E-state index in [9.17, 15) is 4.79 Å². The summed E-state index contributed by atoms with van der Waals surface area (Å²) in [4.78, 5) is 20.1. The summed E-state index contributed by atoms with van der Waals surface area (Å²) in [7, 11) is 0. The molecule has 4 rings (SSSR count). The molecule has 0 atom stereocenters. The molecule has 0 spiro atoms. The van der Waals surface area contributed by atoms with Crippen molar-refractivity contribution in [2.75, 3.05) is 0 Å². The topological polar surface area (TPSA) is 62.2 Å². The highest BCUT2D eigenvalue weighted by molar-refractivity contribution is 5.89. The van der Waals surface area contributed by atoms with Crippen molar-refractivity contribution in [1.29, 1.82) is 0 Å². The second-order valence-electron chi connectivity index (χ2n) is 6.52. The zero-order chi connectivity index (χ0) is 17.4. The molecule has 1 aromatic carbocycles. The quantitative estimate of drug-likeness (QED) is 0.602. The van der Waals surface area contributed by atoms with Gasteiger partial charge >= 0.3 is 0 Å². The number of rotatable bonds is 4. The fraction of sp³-hybridized carbons (Fsp3) is 0.200. The van der Waals surface area contributed by atoms with Crippen LogP contribution < -0.4 is 5.32 Å². The number of benzene rings is 1. The number of fused-ring (bicyclic) bond motifs is 2. The van der Waals surface area contributed by atoms with Gasteiger partial charge in [-0.25, -0.2) is 4.98 Å². The maximum absolute atomic E-state index is 12.3. The van der Waals surface area contributed by atoms with E-state index < -0.39 is 0 Å². The summed E-state index contributed by atoms with van der Waals surface area (Å²) in [6, 6.07) is 10.3. The summed E-state index contributed by atoms with van der Waals surface area (Å²) in [5.41, 5.74) is 6.21. The van der Waals surface area contributed by atoms with Crippen molar-refractivity contribution in [2.24, 2.45) is 0 Å². The van der Waals surface area contributed by atoms with Gasteiger partial charge in [-0.1, -0.05) is 12.1 Å². The number of aromatic nitrogens is 3. The minimum absolute atomic E-state index is 0.00490. The third-order valence-electron chi connectivity index (χ3n) is 4.41. The highest BCUT2D eigenvalue weighted by Gasteiger charge is 2.10. The first kappa shape index (κ1) is 15.4. The fourth-order valence-electron chi connectivity index (χ4n) is 3.09. The Hall–Kier alpha value is -3.08. The van der Waals surface area contributed by atoms with E-state index in [0.29, 0.717) is 13.0 Å². The highest BCUT2D eigenvalue weighted by atomic mass is 16.1. The Morgan fingerprint density at radius 2 is 2.04 bits per heavy atom. The van der Waals surface area contributed by atoms with E-state index in [1.54, 1.807) is 0 Å². The number of aromatic amines is 1. The predicted molar refractivity (Wildman–Crippen MR) is 98.5 cm³/mol. The third kappa shape index (κ3) is 3.13. The number of carbonyl (C=O) groups excluding carboxylic acids is 1. The summed E-state index contributed by atoms with van der Waals surface area (Å²) in [6.07, 6.45) is 6.20. The van der Waals surface area contributed by atoms with Crippen LogP contribution in [-0.2, 0) is 17.8 Å². The number of hydrogen-bond acceptors (Lipinski definition) is 2. The number of imidazole rings is 1. The molecule has 0 bridgehead atoms. The van der Waals surface area contributed by atoms with Gasteiger partial charge in [0.15, 0.2) is 0 Å². The SMILES string of the molecule is Cc1ccc2c(CC(=O)NCc3cn4ccc(C)cc4n3)c[nH]c2c1. The minimum Gasteiger partial charge on any atom is -0.361 e. The number of hydrogen-bond donors (Lipinski definition) is 2. The third-order valence-corrected chi connectivity index (χ3v) is 4.41. The molecule has 4 aromatic rings. The number of pyridine rings is 1. The molecule has 0 aliphatic heterocycles. The van der Waals surface area contributed by atoms with E-state index in [1.807, 2.05) is 42.0 Å². The van der Waals surface area contributed by atoms with Gasteiger partial charge in [0.2, 0.25) is 5.91 Å². The zero-order valence-corrected chi connectivity index (χ0v) is 14.3. The van der Waals surface area contributed by atoms with Gasteiger partial charge in [0.1, 0.15) is 5.65 Å². The maximum Gasteiger partial charge on any atom is 0.224 e. The lowest BCUT2D eigenvalue weighted by molar-refractivity contribution is -0.120.